The van der Waals surface area contributed by atoms with Crippen molar-refractivity contribution in [3.63, 3.8) is 0 Å². The minimum absolute atomic E-state index is 0.0118. The first-order valence-corrected chi connectivity index (χ1v) is 11.5. The molecule has 0 N–H and O–H groups in total. The topological polar surface area (TPSA) is 57.0 Å². The molecule has 6 nitrogen and oxygen atoms in total. The Morgan fingerprint density at radius 2 is 1.66 bits per heavy atom. The molecule has 1 aromatic heterocycles. The first-order chi connectivity index (χ1) is 14.2. The number of nitrogens with zero attached hydrogens (tertiary/aromatic N) is 3. The molecule has 0 atom stereocenters. The molecule has 0 aromatic carbocycles. The zero-order valence-electron chi connectivity index (χ0n) is 17.6. The Hall–Kier alpha value is -1.82. The summed E-state index contributed by atoms with van der Waals surface area (Å²) in [5.74, 6) is 1.24. The van der Waals surface area contributed by atoms with Gasteiger partial charge in [-0.2, -0.15) is 0 Å². The summed E-state index contributed by atoms with van der Waals surface area (Å²) in [5.41, 5.74) is 0.598. The zero-order valence-corrected chi connectivity index (χ0v) is 17.6. The molecule has 3 aliphatic rings. The number of amides is 2. The lowest BCUT2D eigenvalue weighted by atomic mass is 9.89. The maximum Gasteiger partial charge on any atom is 0.257 e. The van der Waals surface area contributed by atoms with Crippen LogP contribution in [-0.4, -0.2) is 72.3 Å². The van der Waals surface area contributed by atoms with E-state index < -0.39 is 0 Å². The Labute approximate surface area is 174 Å². The van der Waals surface area contributed by atoms with Gasteiger partial charge < -0.3 is 19.1 Å². The molecule has 2 amide bonds. The van der Waals surface area contributed by atoms with Gasteiger partial charge in [0.15, 0.2) is 0 Å². The van der Waals surface area contributed by atoms with Crippen molar-refractivity contribution in [1.29, 1.82) is 0 Å². The standard InChI is InChI=1S/C23H35N3O3/c27-22(20-7-12-26(13-8-20)23(28)21-9-16-29-18-21)25-11-4-10-24(14-15-25)17-19-5-2-1-3-6-19/h9,16,18-20H,1-8,10-15,17H2. The monoisotopic (exact) mass is 401 g/mol. The second-order valence-electron chi connectivity index (χ2n) is 9.06. The van der Waals surface area contributed by atoms with E-state index in [4.69, 9.17) is 4.42 Å². The molecule has 0 unspecified atom stereocenters. The number of carbonyl (C=O) groups is 2. The van der Waals surface area contributed by atoms with Gasteiger partial charge in [0.25, 0.3) is 5.91 Å². The van der Waals surface area contributed by atoms with Crippen LogP contribution < -0.4 is 0 Å². The lowest BCUT2D eigenvalue weighted by Gasteiger charge is -2.34. The van der Waals surface area contributed by atoms with Gasteiger partial charge in [-0.3, -0.25) is 9.59 Å². The van der Waals surface area contributed by atoms with Crippen molar-refractivity contribution in [3.05, 3.63) is 24.2 Å². The van der Waals surface area contributed by atoms with Crippen LogP contribution in [0.15, 0.2) is 23.0 Å². The fourth-order valence-corrected chi connectivity index (χ4v) is 5.27. The quantitative estimate of drug-likeness (QED) is 0.777. The average molecular weight is 402 g/mol. The second-order valence-corrected chi connectivity index (χ2v) is 9.06. The molecule has 2 aliphatic heterocycles. The van der Waals surface area contributed by atoms with Gasteiger partial charge in [0.2, 0.25) is 5.91 Å². The fraction of sp³-hybridized carbons (Fsp3) is 0.739. The summed E-state index contributed by atoms with van der Waals surface area (Å²) in [7, 11) is 0. The molecule has 0 radical (unpaired) electrons. The molecule has 3 fully saturated rings. The van der Waals surface area contributed by atoms with E-state index in [0.717, 1.165) is 51.4 Å². The highest BCUT2D eigenvalue weighted by atomic mass is 16.3. The molecule has 2 saturated heterocycles. The lowest BCUT2D eigenvalue weighted by Crippen LogP contribution is -2.45. The van der Waals surface area contributed by atoms with Crippen molar-refractivity contribution in [2.45, 2.75) is 51.4 Å². The van der Waals surface area contributed by atoms with Gasteiger partial charge in [-0.15, -0.1) is 0 Å². The van der Waals surface area contributed by atoms with Crippen LogP contribution in [0, 0.1) is 11.8 Å². The number of piperidine rings is 1. The van der Waals surface area contributed by atoms with Crippen LogP contribution in [-0.2, 0) is 4.79 Å². The second kappa shape index (κ2) is 9.79. The Bertz CT molecular complexity index is 661. The van der Waals surface area contributed by atoms with Crippen LogP contribution in [0.4, 0.5) is 0 Å². The predicted octanol–water partition coefficient (Wildman–Crippen LogP) is 3.25. The maximum atomic E-state index is 13.1. The van der Waals surface area contributed by atoms with E-state index in [9.17, 15) is 9.59 Å². The van der Waals surface area contributed by atoms with Crippen molar-refractivity contribution in [2.24, 2.45) is 11.8 Å². The fourth-order valence-electron chi connectivity index (χ4n) is 5.27. The van der Waals surface area contributed by atoms with Crippen molar-refractivity contribution in [2.75, 3.05) is 45.8 Å². The smallest absolute Gasteiger partial charge is 0.257 e. The van der Waals surface area contributed by atoms with Crippen LogP contribution in [0.25, 0.3) is 0 Å². The van der Waals surface area contributed by atoms with Gasteiger partial charge in [0.05, 0.1) is 11.8 Å². The Morgan fingerprint density at radius 3 is 2.38 bits per heavy atom. The largest absolute Gasteiger partial charge is 0.472 e. The molecule has 1 aromatic rings. The van der Waals surface area contributed by atoms with Gasteiger partial charge in [0.1, 0.15) is 6.26 Å². The van der Waals surface area contributed by atoms with Crippen molar-refractivity contribution < 1.29 is 14.0 Å². The minimum Gasteiger partial charge on any atom is -0.472 e. The molecule has 0 bridgehead atoms. The zero-order chi connectivity index (χ0) is 20.1. The predicted molar refractivity (Wildman–Crippen MR) is 112 cm³/mol. The van der Waals surface area contributed by atoms with E-state index >= 15 is 0 Å². The van der Waals surface area contributed by atoms with Crippen molar-refractivity contribution >= 4 is 11.8 Å². The molecular weight excluding hydrogens is 366 g/mol. The van der Waals surface area contributed by atoms with E-state index in [1.807, 2.05) is 4.90 Å². The summed E-state index contributed by atoms with van der Waals surface area (Å²) in [4.78, 5) is 32.1. The van der Waals surface area contributed by atoms with Crippen molar-refractivity contribution in [3.8, 4) is 0 Å². The molecular formula is C23H35N3O3. The Balaban J connectivity index is 1.23. The highest BCUT2D eigenvalue weighted by Crippen LogP contribution is 2.25. The Morgan fingerprint density at radius 1 is 0.862 bits per heavy atom. The van der Waals surface area contributed by atoms with Crippen LogP contribution >= 0.6 is 0 Å². The molecule has 1 saturated carbocycles. The average Bonchev–Trinajstić information content (AvgIpc) is 3.21. The summed E-state index contributed by atoms with van der Waals surface area (Å²) in [5, 5.41) is 0. The molecule has 6 heteroatoms. The van der Waals surface area contributed by atoms with Crippen LogP contribution in [0.2, 0.25) is 0 Å². The van der Waals surface area contributed by atoms with Crippen molar-refractivity contribution in [1.82, 2.24) is 14.7 Å². The van der Waals surface area contributed by atoms with Crippen LogP contribution in [0.1, 0.15) is 61.7 Å². The summed E-state index contributed by atoms with van der Waals surface area (Å²) in [6, 6.07) is 1.70. The minimum atomic E-state index is 0.0118. The van der Waals surface area contributed by atoms with E-state index in [1.165, 1.54) is 51.2 Å². The normalized spacial score (nSPS) is 23.2. The highest BCUT2D eigenvalue weighted by Gasteiger charge is 2.31. The highest BCUT2D eigenvalue weighted by molar-refractivity contribution is 5.94. The number of furan rings is 1. The summed E-state index contributed by atoms with van der Waals surface area (Å²) >= 11 is 0. The SMILES string of the molecule is O=C(c1ccoc1)N1CCC(C(=O)N2CCCN(CC3CCCCC3)CC2)CC1. The third-order valence-corrected chi connectivity index (χ3v) is 7.04. The van der Waals surface area contributed by atoms with Gasteiger partial charge in [-0.1, -0.05) is 19.3 Å². The van der Waals surface area contributed by atoms with E-state index in [-0.39, 0.29) is 11.8 Å². The third kappa shape index (κ3) is 5.21. The first-order valence-electron chi connectivity index (χ1n) is 11.5. The van der Waals surface area contributed by atoms with Gasteiger partial charge in [-0.05, 0) is 50.6 Å². The number of carbonyl (C=O) groups excluding carboxylic acids is 2. The maximum absolute atomic E-state index is 13.1. The molecule has 0 spiro atoms. The number of likely N-dealkylation sites (tertiary alicyclic amines) is 1. The molecule has 1 aliphatic carbocycles. The van der Waals surface area contributed by atoms with Gasteiger partial charge in [0, 0.05) is 45.2 Å². The third-order valence-electron chi connectivity index (χ3n) is 7.04. The van der Waals surface area contributed by atoms with Crippen LogP contribution in [0.3, 0.4) is 0 Å². The van der Waals surface area contributed by atoms with Gasteiger partial charge >= 0.3 is 0 Å². The first kappa shape index (κ1) is 20.5. The van der Waals surface area contributed by atoms with E-state index in [2.05, 4.69) is 9.80 Å². The summed E-state index contributed by atoms with van der Waals surface area (Å²) < 4.78 is 5.02. The molecule has 3 heterocycles. The van der Waals surface area contributed by atoms with E-state index in [1.54, 1.807) is 6.07 Å². The summed E-state index contributed by atoms with van der Waals surface area (Å²) in [6.45, 7) is 6.41. The number of hydrogen-bond acceptors (Lipinski definition) is 4. The Kier molecular flexibility index (Phi) is 6.90. The molecule has 29 heavy (non-hydrogen) atoms. The number of rotatable bonds is 4. The van der Waals surface area contributed by atoms with Gasteiger partial charge in [-0.25, -0.2) is 0 Å². The van der Waals surface area contributed by atoms with Crippen LogP contribution in [0.5, 0.6) is 0 Å². The lowest BCUT2D eigenvalue weighted by molar-refractivity contribution is -0.136. The van der Waals surface area contributed by atoms with E-state index in [0.29, 0.717) is 24.6 Å². The number of hydrogen-bond donors (Lipinski definition) is 0. The summed E-state index contributed by atoms with van der Waals surface area (Å²) in [6.07, 6.45) is 12.6. The molecule has 160 valence electrons. The molecule has 4 rings (SSSR count).